The second kappa shape index (κ2) is 5.20. The number of halogens is 2. The molecule has 1 aromatic heterocycles. The van der Waals surface area contributed by atoms with Crippen molar-refractivity contribution in [2.45, 2.75) is 0 Å². The molecule has 2 rings (SSSR count). The largest absolute Gasteiger partial charge is 0.382 e. The minimum absolute atomic E-state index is 0.148. The Kier molecular flexibility index (Phi) is 3.64. The van der Waals surface area contributed by atoms with Gasteiger partial charge in [0.05, 0.1) is 10.7 Å². The molecular weight excluding hydrogens is 275 g/mol. The first kappa shape index (κ1) is 12.6. The number of nitrogens with two attached hydrogens (primary N) is 1. The van der Waals surface area contributed by atoms with Gasteiger partial charge >= 0.3 is 0 Å². The summed E-state index contributed by atoms with van der Waals surface area (Å²) >= 11 is 11.7. The standard InChI is InChI=1S/C11H8Cl2N4O/c12-6-1-2-8(7(13)5-6)15-11(18)9-3-4-10(14)17-16-9/h1-5H,(H2,14,17)(H,15,18). The lowest BCUT2D eigenvalue weighted by Crippen LogP contribution is -2.14. The average molecular weight is 283 g/mol. The molecular formula is C11H8Cl2N4O. The van der Waals surface area contributed by atoms with Gasteiger partial charge in [-0.1, -0.05) is 23.2 Å². The Morgan fingerprint density at radius 3 is 2.56 bits per heavy atom. The Hall–Kier alpha value is -1.85. The van der Waals surface area contributed by atoms with Gasteiger partial charge in [0, 0.05) is 5.02 Å². The molecule has 0 unspecified atom stereocenters. The molecule has 0 fully saturated rings. The monoisotopic (exact) mass is 282 g/mol. The van der Waals surface area contributed by atoms with Crippen LogP contribution in [-0.2, 0) is 0 Å². The number of nitrogens with zero attached hydrogens (tertiary/aromatic N) is 2. The van der Waals surface area contributed by atoms with E-state index in [4.69, 9.17) is 28.9 Å². The van der Waals surface area contributed by atoms with Crippen molar-refractivity contribution in [3.8, 4) is 0 Å². The zero-order chi connectivity index (χ0) is 13.1. The fourth-order valence-electron chi connectivity index (χ4n) is 1.24. The molecule has 0 aliphatic rings. The molecule has 2 aromatic rings. The van der Waals surface area contributed by atoms with E-state index in [0.717, 1.165) is 0 Å². The van der Waals surface area contributed by atoms with Crippen molar-refractivity contribution in [1.82, 2.24) is 10.2 Å². The Bertz CT molecular complexity index is 586. The van der Waals surface area contributed by atoms with Crippen molar-refractivity contribution in [1.29, 1.82) is 0 Å². The van der Waals surface area contributed by atoms with Crippen LogP contribution in [0.1, 0.15) is 10.5 Å². The van der Waals surface area contributed by atoms with E-state index in [0.29, 0.717) is 15.7 Å². The van der Waals surface area contributed by atoms with E-state index >= 15 is 0 Å². The molecule has 0 atom stereocenters. The lowest BCUT2D eigenvalue weighted by molar-refractivity contribution is 0.102. The number of hydrogen-bond donors (Lipinski definition) is 2. The smallest absolute Gasteiger partial charge is 0.276 e. The Morgan fingerprint density at radius 2 is 1.94 bits per heavy atom. The van der Waals surface area contributed by atoms with Gasteiger partial charge < -0.3 is 11.1 Å². The highest BCUT2D eigenvalue weighted by molar-refractivity contribution is 6.36. The van der Waals surface area contributed by atoms with Gasteiger partial charge in [-0.05, 0) is 30.3 Å². The van der Waals surface area contributed by atoms with E-state index in [1.54, 1.807) is 12.1 Å². The van der Waals surface area contributed by atoms with Crippen LogP contribution in [0, 0.1) is 0 Å². The van der Waals surface area contributed by atoms with Crippen LogP contribution < -0.4 is 11.1 Å². The van der Waals surface area contributed by atoms with E-state index in [-0.39, 0.29) is 11.5 Å². The van der Waals surface area contributed by atoms with Gasteiger partial charge in [0.1, 0.15) is 5.82 Å². The molecule has 0 aliphatic carbocycles. The van der Waals surface area contributed by atoms with Crippen LogP contribution in [0.15, 0.2) is 30.3 Å². The molecule has 0 radical (unpaired) electrons. The quantitative estimate of drug-likeness (QED) is 0.887. The predicted octanol–water partition coefficient (Wildman–Crippen LogP) is 2.62. The topological polar surface area (TPSA) is 80.9 Å². The molecule has 0 aliphatic heterocycles. The summed E-state index contributed by atoms with van der Waals surface area (Å²) < 4.78 is 0. The third-order valence-corrected chi connectivity index (χ3v) is 2.64. The molecule has 0 spiro atoms. The van der Waals surface area contributed by atoms with Gasteiger partial charge in [0.2, 0.25) is 0 Å². The summed E-state index contributed by atoms with van der Waals surface area (Å²) in [7, 11) is 0. The van der Waals surface area contributed by atoms with Gasteiger partial charge in [0.15, 0.2) is 5.69 Å². The van der Waals surface area contributed by atoms with E-state index in [1.807, 2.05) is 0 Å². The number of amides is 1. The molecule has 0 bridgehead atoms. The highest BCUT2D eigenvalue weighted by Crippen LogP contribution is 2.25. The third-order valence-electron chi connectivity index (χ3n) is 2.10. The predicted molar refractivity (Wildman–Crippen MR) is 70.9 cm³/mol. The van der Waals surface area contributed by atoms with Crippen LogP contribution in [-0.4, -0.2) is 16.1 Å². The lowest BCUT2D eigenvalue weighted by Gasteiger charge is -2.06. The minimum Gasteiger partial charge on any atom is -0.382 e. The van der Waals surface area contributed by atoms with Crippen molar-refractivity contribution in [3.63, 3.8) is 0 Å². The van der Waals surface area contributed by atoms with Crippen molar-refractivity contribution >= 4 is 40.6 Å². The number of benzene rings is 1. The van der Waals surface area contributed by atoms with Crippen LogP contribution in [0.4, 0.5) is 11.5 Å². The Labute approximate surface area is 113 Å². The number of aromatic nitrogens is 2. The molecule has 92 valence electrons. The molecule has 1 amide bonds. The number of nitrogens with one attached hydrogen (secondary N) is 1. The van der Waals surface area contributed by atoms with Crippen LogP contribution in [0.25, 0.3) is 0 Å². The minimum atomic E-state index is -0.424. The zero-order valence-corrected chi connectivity index (χ0v) is 10.5. The first-order valence-corrected chi connectivity index (χ1v) is 5.67. The number of rotatable bonds is 2. The van der Waals surface area contributed by atoms with E-state index in [9.17, 15) is 4.79 Å². The summed E-state index contributed by atoms with van der Waals surface area (Å²) in [5.74, 6) is -0.178. The van der Waals surface area contributed by atoms with E-state index < -0.39 is 5.91 Å². The molecule has 3 N–H and O–H groups in total. The molecule has 5 nitrogen and oxygen atoms in total. The molecule has 1 aromatic carbocycles. The zero-order valence-electron chi connectivity index (χ0n) is 9.02. The molecule has 0 saturated heterocycles. The first-order chi connectivity index (χ1) is 8.56. The molecule has 0 saturated carbocycles. The second-order valence-electron chi connectivity index (χ2n) is 3.42. The number of anilines is 2. The summed E-state index contributed by atoms with van der Waals surface area (Å²) in [5.41, 5.74) is 5.98. The average Bonchev–Trinajstić information content (AvgIpc) is 2.33. The Morgan fingerprint density at radius 1 is 1.17 bits per heavy atom. The van der Waals surface area contributed by atoms with Crippen molar-refractivity contribution < 1.29 is 4.79 Å². The van der Waals surface area contributed by atoms with Crippen LogP contribution in [0.3, 0.4) is 0 Å². The fourth-order valence-corrected chi connectivity index (χ4v) is 1.70. The van der Waals surface area contributed by atoms with E-state index in [2.05, 4.69) is 15.5 Å². The van der Waals surface area contributed by atoms with Crippen molar-refractivity contribution in [2.75, 3.05) is 11.1 Å². The SMILES string of the molecule is Nc1ccc(C(=O)Nc2ccc(Cl)cc2Cl)nn1. The number of nitrogen functional groups attached to an aromatic ring is 1. The Balaban J connectivity index is 2.18. The highest BCUT2D eigenvalue weighted by atomic mass is 35.5. The molecule has 7 heteroatoms. The maximum atomic E-state index is 11.8. The normalized spacial score (nSPS) is 10.1. The second-order valence-corrected chi connectivity index (χ2v) is 4.27. The number of hydrogen-bond acceptors (Lipinski definition) is 4. The van der Waals surface area contributed by atoms with Crippen LogP contribution in [0.2, 0.25) is 10.0 Å². The van der Waals surface area contributed by atoms with Gasteiger partial charge in [-0.25, -0.2) is 0 Å². The van der Waals surface area contributed by atoms with Crippen LogP contribution >= 0.6 is 23.2 Å². The maximum absolute atomic E-state index is 11.8. The van der Waals surface area contributed by atoms with Gasteiger partial charge in [0.25, 0.3) is 5.91 Å². The van der Waals surface area contributed by atoms with Crippen LogP contribution in [0.5, 0.6) is 0 Å². The summed E-state index contributed by atoms with van der Waals surface area (Å²) in [4.78, 5) is 11.8. The summed E-state index contributed by atoms with van der Waals surface area (Å²) in [6, 6.07) is 7.73. The third kappa shape index (κ3) is 2.88. The lowest BCUT2D eigenvalue weighted by atomic mass is 10.3. The molecule has 18 heavy (non-hydrogen) atoms. The first-order valence-electron chi connectivity index (χ1n) is 4.92. The summed E-state index contributed by atoms with van der Waals surface area (Å²) in [6.45, 7) is 0. The van der Waals surface area contributed by atoms with Crippen molar-refractivity contribution in [2.24, 2.45) is 0 Å². The number of carbonyl (C=O) groups is 1. The molecule has 1 heterocycles. The summed E-state index contributed by atoms with van der Waals surface area (Å²) in [6.07, 6.45) is 0. The van der Waals surface area contributed by atoms with Gasteiger partial charge in [-0.2, -0.15) is 0 Å². The number of carbonyl (C=O) groups excluding carboxylic acids is 1. The van der Waals surface area contributed by atoms with Gasteiger partial charge in [-0.3, -0.25) is 4.79 Å². The van der Waals surface area contributed by atoms with Crippen molar-refractivity contribution in [3.05, 3.63) is 46.1 Å². The fraction of sp³-hybridized carbons (Fsp3) is 0. The highest BCUT2D eigenvalue weighted by Gasteiger charge is 2.10. The van der Waals surface area contributed by atoms with E-state index in [1.165, 1.54) is 18.2 Å². The summed E-state index contributed by atoms with van der Waals surface area (Å²) in [5, 5.41) is 10.7. The van der Waals surface area contributed by atoms with Gasteiger partial charge in [-0.15, -0.1) is 10.2 Å². The maximum Gasteiger partial charge on any atom is 0.276 e.